The Balaban J connectivity index is 2.12. The molecule has 1 aliphatic rings. The maximum atomic E-state index is 6.14. The highest BCUT2D eigenvalue weighted by atomic mass is 35.5. The van der Waals surface area contributed by atoms with Crippen LogP contribution in [0.1, 0.15) is 24.6 Å². The Morgan fingerprint density at radius 3 is 3.13 bits per heavy atom. The summed E-state index contributed by atoms with van der Waals surface area (Å²) in [7, 11) is 0. The molecule has 0 spiro atoms. The predicted octanol–water partition coefficient (Wildman–Crippen LogP) is 2.16. The summed E-state index contributed by atoms with van der Waals surface area (Å²) in [4.78, 5) is 4.24. The first kappa shape index (κ1) is 10.9. The molecule has 0 aromatic carbocycles. The Morgan fingerprint density at radius 2 is 2.47 bits per heavy atom. The van der Waals surface area contributed by atoms with Crippen LogP contribution < -0.4 is 5.73 Å². The van der Waals surface area contributed by atoms with Gasteiger partial charge in [0.05, 0.1) is 23.4 Å². The van der Waals surface area contributed by atoms with Crippen molar-refractivity contribution in [3.05, 3.63) is 29.0 Å². The zero-order chi connectivity index (χ0) is 10.7. The van der Waals surface area contributed by atoms with E-state index < -0.39 is 0 Å². The average molecular weight is 227 g/mol. The van der Waals surface area contributed by atoms with Crippen LogP contribution >= 0.6 is 11.6 Å². The molecular weight excluding hydrogens is 212 g/mol. The van der Waals surface area contributed by atoms with Crippen molar-refractivity contribution >= 4 is 11.6 Å². The van der Waals surface area contributed by atoms with Crippen molar-refractivity contribution in [1.82, 2.24) is 4.98 Å². The van der Waals surface area contributed by atoms with E-state index >= 15 is 0 Å². The zero-order valence-electron chi connectivity index (χ0n) is 8.53. The van der Waals surface area contributed by atoms with Crippen LogP contribution in [0.5, 0.6) is 0 Å². The van der Waals surface area contributed by atoms with Gasteiger partial charge in [-0.2, -0.15) is 0 Å². The Labute approximate surface area is 94.6 Å². The number of halogens is 1. The number of nitrogens with zero attached hydrogens (tertiary/aromatic N) is 1. The molecule has 0 aliphatic carbocycles. The summed E-state index contributed by atoms with van der Waals surface area (Å²) in [6.45, 7) is 1.56. The van der Waals surface area contributed by atoms with Crippen LogP contribution in [0.15, 0.2) is 18.3 Å². The standard InChI is InChI=1S/C11H15ClN2O/c12-9-4-1-5-14-11(9)10(13)8-3-2-6-15-7-8/h1,4-5,8,10H,2-3,6-7,13H2. The van der Waals surface area contributed by atoms with Gasteiger partial charge < -0.3 is 10.5 Å². The summed E-state index contributed by atoms with van der Waals surface area (Å²) >= 11 is 6.06. The first-order valence-corrected chi connectivity index (χ1v) is 5.60. The lowest BCUT2D eigenvalue weighted by molar-refractivity contribution is 0.0442. The lowest BCUT2D eigenvalue weighted by Crippen LogP contribution is -2.29. The highest BCUT2D eigenvalue weighted by Crippen LogP contribution is 2.29. The second kappa shape index (κ2) is 4.92. The largest absolute Gasteiger partial charge is 0.381 e. The topological polar surface area (TPSA) is 48.1 Å². The molecule has 0 bridgehead atoms. The molecule has 2 unspecified atom stereocenters. The van der Waals surface area contributed by atoms with Gasteiger partial charge in [-0.3, -0.25) is 4.98 Å². The number of ether oxygens (including phenoxy) is 1. The lowest BCUT2D eigenvalue weighted by Gasteiger charge is -2.27. The third-order valence-corrected chi connectivity index (χ3v) is 3.13. The van der Waals surface area contributed by atoms with E-state index in [9.17, 15) is 0 Å². The fourth-order valence-electron chi connectivity index (χ4n) is 1.92. The molecule has 15 heavy (non-hydrogen) atoms. The number of aromatic nitrogens is 1. The lowest BCUT2D eigenvalue weighted by atomic mass is 9.92. The molecule has 2 rings (SSSR count). The smallest absolute Gasteiger partial charge is 0.0760 e. The number of hydrogen-bond donors (Lipinski definition) is 1. The van der Waals surface area contributed by atoms with Gasteiger partial charge in [-0.15, -0.1) is 0 Å². The van der Waals surface area contributed by atoms with Gasteiger partial charge in [0.2, 0.25) is 0 Å². The van der Waals surface area contributed by atoms with Crippen LogP contribution in [-0.4, -0.2) is 18.2 Å². The second-order valence-corrected chi connectivity index (χ2v) is 4.28. The minimum absolute atomic E-state index is 0.112. The van der Waals surface area contributed by atoms with Crippen molar-refractivity contribution in [3.8, 4) is 0 Å². The maximum absolute atomic E-state index is 6.14. The van der Waals surface area contributed by atoms with Gasteiger partial charge in [0.15, 0.2) is 0 Å². The fraction of sp³-hybridized carbons (Fsp3) is 0.545. The summed E-state index contributed by atoms with van der Waals surface area (Å²) in [5.74, 6) is 0.339. The molecule has 2 heterocycles. The van der Waals surface area contributed by atoms with Crippen molar-refractivity contribution < 1.29 is 4.74 Å². The minimum atomic E-state index is -0.112. The Kier molecular flexibility index (Phi) is 3.57. The van der Waals surface area contributed by atoms with Gasteiger partial charge in [0.25, 0.3) is 0 Å². The van der Waals surface area contributed by atoms with Crippen molar-refractivity contribution in [1.29, 1.82) is 0 Å². The Bertz CT molecular complexity index is 326. The van der Waals surface area contributed by atoms with Crippen molar-refractivity contribution in [2.75, 3.05) is 13.2 Å². The van der Waals surface area contributed by atoms with Gasteiger partial charge in [0, 0.05) is 18.7 Å². The zero-order valence-corrected chi connectivity index (χ0v) is 9.28. The molecule has 1 saturated heterocycles. The van der Waals surface area contributed by atoms with Gasteiger partial charge >= 0.3 is 0 Å². The van der Waals surface area contributed by atoms with Crippen molar-refractivity contribution in [2.45, 2.75) is 18.9 Å². The average Bonchev–Trinajstić information content (AvgIpc) is 2.30. The molecular formula is C11H15ClN2O. The molecule has 1 fully saturated rings. The van der Waals surface area contributed by atoms with E-state index in [1.54, 1.807) is 6.20 Å². The summed E-state index contributed by atoms with van der Waals surface area (Å²) in [5, 5.41) is 0.649. The molecule has 3 nitrogen and oxygen atoms in total. The van der Waals surface area contributed by atoms with Crippen LogP contribution in [0.3, 0.4) is 0 Å². The van der Waals surface area contributed by atoms with Gasteiger partial charge in [-0.25, -0.2) is 0 Å². The Morgan fingerprint density at radius 1 is 1.60 bits per heavy atom. The van der Waals surface area contributed by atoms with E-state index in [1.165, 1.54) is 0 Å². The molecule has 1 aromatic heterocycles. The molecule has 0 radical (unpaired) electrons. The first-order valence-electron chi connectivity index (χ1n) is 5.23. The molecule has 1 aliphatic heterocycles. The van der Waals surface area contributed by atoms with Gasteiger partial charge in [0.1, 0.15) is 0 Å². The van der Waals surface area contributed by atoms with E-state index in [1.807, 2.05) is 12.1 Å². The minimum Gasteiger partial charge on any atom is -0.381 e. The van der Waals surface area contributed by atoms with Crippen LogP contribution in [0.2, 0.25) is 5.02 Å². The van der Waals surface area contributed by atoms with Gasteiger partial charge in [-0.05, 0) is 25.0 Å². The number of pyridine rings is 1. The third kappa shape index (κ3) is 2.48. The first-order chi connectivity index (χ1) is 7.29. The molecule has 82 valence electrons. The number of rotatable bonds is 2. The predicted molar refractivity (Wildman–Crippen MR) is 59.7 cm³/mol. The van der Waals surface area contributed by atoms with Crippen molar-refractivity contribution in [3.63, 3.8) is 0 Å². The monoisotopic (exact) mass is 226 g/mol. The second-order valence-electron chi connectivity index (χ2n) is 3.87. The van der Waals surface area contributed by atoms with Crippen LogP contribution in [0.25, 0.3) is 0 Å². The molecule has 0 amide bonds. The molecule has 1 aromatic rings. The van der Waals surface area contributed by atoms with E-state index in [4.69, 9.17) is 22.1 Å². The SMILES string of the molecule is NC(c1ncccc1Cl)C1CCCOC1. The highest BCUT2D eigenvalue weighted by molar-refractivity contribution is 6.31. The summed E-state index contributed by atoms with van der Waals surface area (Å²) < 4.78 is 5.41. The third-order valence-electron chi connectivity index (χ3n) is 2.81. The van der Waals surface area contributed by atoms with Gasteiger partial charge in [-0.1, -0.05) is 11.6 Å². The number of hydrogen-bond acceptors (Lipinski definition) is 3. The molecule has 2 atom stereocenters. The van der Waals surface area contributed by atoms with Crippen LogP contribution in [0, 0.1) is 5.92 Å². The van der Waals surface area contributed by atoms with Crippen LogP contribution in [0.4, 0.5) is 0 Å². The van der Waals surface area contributed by atoms with Crippen molar-refractivity contribution in [2.24, 2.45) is 11.7 Å². The highest BCUT2D eigenvalue weighted by Gasteiger charge is 2.24. The van der Waals surface area contributed by atoms with E-state index in [0.717, 1.165) is 25.1 Å². The van der Waals surface area contributed by atoms with Crippen LogP contribution in [-0.2, 0) is 4.74 Å². The normalized spacial score (nSPS) is 23.7. The van der Waals surface area contributed by atoms with E-state index in [2.05, 4.69) is 4.98 Å². The Hall–Kier alpha value is -0.640. The quantitative estimate of drug-likeness (QED) is 0.841. The fourth-order valence-corrected chi connectivity index (χ4v) is 2.16. The maximum Gasteiger partial charge on any atom is 0.0760 e. The van der Waals surface area contributed by atoms with E-state index in [-0.39, 0.29) is 6.04 Å². The summed E-state index contributed by atoms with van der Waals surface area (Å²) in [6, 6.07) is 3.53. The molecule has 2 N–H and O–H groups in total. The summed E-state index contributed by atoms with van der Waals surface area (Å²) in [6.07, 6.45) is 3.89. The van der Waals surface area contributed by atoms with E-state index in [0.29, 0.717) is 17.5 Å². The molecule has 4 heteroatoms. The summed E-state index contributed by atoms with van der Waals surface area (Å²) in [5.41, 5.74) is 6.93. The number of nitrogens with two attached hydrogens (primary N) is 1. The molecule has 0 saturated carbocycles.